The van der Waals surface area contributed by atoms with Gasteiger partial charge in [0.05, 0.1) is 24.8 Å². The molecule has 1 fully saturated rings. The van der Waals surface area contributed by atoms with Crippen molar-refractivity contribution in [3.05, 3.63) is 34.3 Å². The lowest BCUT2D eigenvalue weighted by Gasteiger charge is -2.25. The van der Waals surface area contributed by atoms with E-state index < -0.39 is 0 Å². The van der Waals surface area contributed by atoms with E-state index >= 15 is 0 Å². The Balaban J connectivity index is 1.45. The highest BCUT2D eigenvalue weighted by Crippen LogP contribution is 2.29. The molecule has 0 bridgehead atoms. The van der Waals surface area contributed by atoms with Crippen LogP contribution < -0.4 is 0 Å². The van der Waals surface area contributed by atoms with Crippen LogP contribution in [0, 0.1) is 13.8 Å². The molecule has 0 aliphatic carbocycles. The van der Waals surface area contributed by atoms with E-state index in [2.05, 4.69) is 17.0 Å². The molecule has 140 valence electrons. The number of aromatic nitrogens is 3. The normalized spacial score (nSPS) is 19.8. The van der Waals surface area contributed by atoms with E-state index in [1.165, 1.54) is 5.56 Å². The molecule has 7 heteroatoms. The van der Waals surface area contributed by atoms with Crippen LogP contribution in [0.15, 0.2) is 4.42 Å². The Hall–Kier alpha value is -2.15. The van der Waals surface area contributed by atoms with Crippen molar-refractivity contribution in [3.8, 4) is 0 Å². The fourth-order valence-corrected chi connectivity index (χ4v) is 3.96. The van der Waals surface area contributed by atoms with Crippen molar-refractivity contribution in [3.63, 3.8) is 0 Å². The van der Waals surface area contributed by atoms with Crippen LogP contribution >= 0.6 is 0 Å². The minimum Gasteiger partial charge on any atom is -0.445 e. The number of amides is 1. The summed E-state index contributed by atoms with van der Waals surface area (Å²) in [5, 5.41) is 4.54. The van der Waals surface area contributed by atoms with E-state index in [9.17, 15) is 4.79 Å². The van der Waals surface area contributed by atoms with Crippen molar-refractivity contribution in [2.24, 2.45) is 0 Å². The SMILES string of the molecule is CCc1c(C)nn(CC(=O)N2CCc3oc(C4CCOC4)nc3C2)c1C. The number of aryl methyl sites for hydroxylation is 1. The molecule has 26 heavy (non-hydrogen) atoms. The lowest BCUT2D eigenvalue weighted by molar-refractivity contribution is -0.133. The maximum atomic E-state index is 12.8. The number of carbonyl (C=O) groups excluding carboxylic acids is 1. The molecule has 1 amide bonds. The number of carbonyl (C=O) groups is 1. The van der Waals surface area contributed by atoms with E-state index in [1.54, 1.807) is 0 Å². The first-order valence-corrected chi connectivity index (χ1v) is 9.43. The standard InChI is InChI=1S/C19H26N4O3/c1-4-15-12(2)21-23(13(15)3)10-18(24)22-7-5-17-16(9-22)20-19(26-17)14-6-8-25-11-14/h14H,4-11H2,1-3H3. The quantitative estimate of drug-likeness (QED) is 0.837. The lowest BCUT2D eigenvalue weighted by atomic mass is 10.1. The molecule has 4 heterocycles. The highest BCUT2D eigenvalue weighted by atomic mass is 16.5. The van der Waals surface area contributed by atoms with Crippen LogP contribution in [0.2, 0.25) is 0 Å². The van der Waals surface area contributed by atoms with Crippen LogP contribution in [0.1, 0.15) is 53.6 Å². The predicted molar refractivity (Wildman–Crippen MR) is 94.9 cm³/mol. The third-order valence-electron chi connectivity index (χ3n) is 5.55. The van der Waals surface area contributed by atoms with Gasteiger partial charge in [0, 0.05) is 25.3 Å². The van der Waals surface area contributed by atoms with Gasteiger partial charge in [0.1, 0.15) is 18.0 Å². The molecule has 0 radical (unpaired) electrons. The summed E-state index contributed by atoms with van der Waals surface area (Å²) in [6, 6.07) is 0. The molecule has 4 rings (SSSR count). The van der Waals surface area contributed by atoms with Crippen LogP contribution in [0.5, 0.6) is 0 Å². The monoisotopic (exact) mass is 358 g/mol. The molecular formula is C19H26N4O3. The summed E-state index contributed by atoms with van der Waals surface area (Å²) >= 11 is 0. The van der Waals surface area contributed by atoms with Crippen LogP contribution in [-0.4, -0.2) is 45.3 Å². The molecule has 1 saturated heterocycles. The first-order valence-electron chi connectivity index (χ1n) is 9.43. The number of hydrogen-bond acceptors (Lipinski definition) is 5. The summed E-state index contributed by atoms with van der Waals surface area (Å²) < 4.78 is 13.2. The summed E-state index contributed by atoms with van der Waals surface area (Å²) in [5.41, 5.74) is 4.23. The molecule has 0 spiro atoms. The Labute approximate surface area is 153 Å². The maximum absolute atomic E-state index is 12.8. The molecule has 7 nitrogen and oxygen atoms in total. The van der Waals surface area contributed by atoms with Gasteiger partial charge >= 0.3 is 0 Å². The van der Waals surface area contributed by atoms with Gasteiger partial charge in [-0.25, -0.2) is 4.98 Å². The van der Waals surface area contributed by atoms with Crippen molar-refractivity contribution in [1.82, 2.24) is 19.7 Å². The number of ether oxygens (including phenoxy) is 1. The van der Waals surface area contributed by atoms with Gasteiger partial charge in [0.25, 0.3) is 0 Å². The molecule has 1 unspecified atom stereocenters. The molecule has 2 aliphatic rings. The Morgan fingerprint density at radius 3 is 2.88 bits per heavy atom. The number of fused-ring (bicyclic) bond motifs is 1. The van der Waals surface area contributed by atoms with E-state index in [0.29, 0.717) is 19.7 Å². The third kappa shape index (κ3) is 3.05. The van der Waals surface area contributed by atoms with Gasteiger partial charge in [-0.15, -0.1) is 0 Å². The highest BCUT2D eigenvalue weighted by molar-refractivity contribution is 5.76. The smallest absolute Gasteiger partial charge is 0.244 e. The molecule has 0 saturated carbocycles. The predicted octanol–water partition coefficient (Wildman–Crippen LogP) is 2.14. The fraction of sp³-hybridized carbons (Fsp3) is 0.632. The average Bonchev–Trinajstić information content (AvgIpc) is 3.34. The van der Waals surface area contributed by atoms with Crippen LogP contribution in [0.25, 0.3) is 0 Å². The number of oxazole rings is 1. The van der Waals surface area contributed by atoms with Crippen molar-refractivity contribution >= 4 is 5.91 Å². The highest BCUT2D eigenvalue weighted by Gasteiger charge is 2.29. The molecule has 0 N–H and O–H groups in total. The van der Waals surface area contributed by atoms with Gasteiger partial charge in [-0.3, -0.25) is 9.48 Å². The third-order valence-corrected chi connectivity index (χ3v) is 5.55. The fourth-order valence-electron chi connectivity index (χ4n) is 3.96. The lowest BCUT2D eigenvalue weighted by Crippen LogP contribution is -2.38. The zero-order valence-corrected chi connectivity index (χ0v) is 15.7. The van der Waals surface area contributed by atoms with E-state index in [4.69, 9.17) is 9.15 Å². The van der Waals surface area contributed by atoms with E-state index in [0.717, 1.165) is 54.6 Å². The average molecular weight is 358 g/mol. The molecular weight excluding hydrogens is 332 g/mol. The topological polar surface area (TPSA) is 73.4 Å². The Morgan fingerprint density at radius 2 is 2.19 bits per heavy atom. The molecule has 1 atom stereocenters. The van der Waals surface area contributed by atoms with E-state index in [1.807, 2.05) is 23.4 Å². The van der Waals surface area contributed by atoms with Crippen molar-refractivity contribution < 1.29 is 13.9 Å². The van der Waals surface area contributed by atoms with Gasteiger partial charge in [-0.2, -0.15) is 5.10 Å². The zero-order valence-electron chi connectivity index (χ0n) is 15.7. The molecule has 2 aromatic heterocycles. The van der Waals surface area contributed by atoms with Gasteiger partial charge in [0.15, 0.2) is 5.89 Å². The summed E-state index contributed by atoms with van der Waals surface area (Å²) in [5.74, 6) is 2.04. The summed E-state index contributed by atoms with van der Waals surface area (Å²) in [4.78, 5) is 19.3. The first kappa shape index (κ1) is 17.3. The Bertz CT molecular complexity index is 817. The van der Waals surface area contributed by atoms with Crippen LogP contribution in [0.3, 0.4) is 0 Å². The van der Waals surface area contributed by atoms with Crippen molar-refractivity contribution in [2.75, 3.05) is 19.8 Å². The second-order valence-corrected chi connectivity index (χ2v) is 7.21. The summed E-state index contributed by atoms with van der Waals surface area (Å²) in [7, 11) is 0. The first-order chi connectivity index (χ1) is 12.6. The van der Waals surface area contributed by atoms with Crippen LogP contribution in [0.4, 0.5) is 0 Å². The maximum Gasteiger partial charge on any atom is 0.244 e. The number of rotatable bonds is 4. The minimum atomic E-state index is 0.0812. The summed E-state index contributed by atoms with van der Waals surface area (Å²) in [6.07, 6.45) is 2.62. The van der Waals surface area contributed by atoms with Gasteiger partial charge in [0.2, 0.25) is 5.91 Å². The Morgan fingerprint density at radius 1 is 1.35 bits per heavy atom. The minimum absolute atomic E-state index is 0.0812. The van der Waals surface area contributed by atoms with Gasteiger partial charge in [-0.1, -0.05) is 6.92 Å². The number of nitrogens with zero attached hydrogens (tertiary/aromatic N) is 4. The van der Waals surface area contributed by atoms with Gasteiger partial charge < -0.3 is 14.1 Å². The Kier molecular flexibility index (Phi) is 4.56. The molecule has 2 aliphatic heterocycles. The van der Waals surface area contributed by atoms with Crippen LogP contribution in [-0.2, 0) is 35.5 Å². The second kappa shape index (κ2) is 6.87. The number of hydrogen-bond donors (Lipinski definition) is 0. The second-order valence-electron chi connectivity index (χ2n) is 7.21. The molecule has 0 aromatic carbocycles. The van der Waals surface area contributed by atoms with Crippen molar-refractivity contribution in [2.45, 2.75) is 59.0 Å². The van der Waals surface area contributed by atoms with E-state index in [-0.39, 0.29) is 18.4 Å². The largest absolute Gasteiger partial charge is 0.445 e. The van der Waals surface area contributed by atoms with Crippen molar-refractivity contribution in [1.29, 1.82) is 0 Å². The zero-order chi connectivity index (χ0) is 18.3. The molecule has 2 aromatic rings. The summed E-state index contributed by atoms with van der Waals surface area (Å²) in [6.45, 7) is 9.07. The van der Waals surface area contributed by atoms with Gasteiger partial charge in [-0.05, 0) is 32.3 Å².